The van der Waals surface area contributed by atoms with Crippen LogP contribution in [-0.4, -0.2) is 25.1 Å². The highest BCUT2D eigenvalue weighted by atomic mass is 35.5. The normalized spacial score (nSPS) is 11.5. The predicted octanol–water partition coefficient (Wildman–Crippen LogP) is 3.46. The van der Waals surface area contributed by atoms with Gasteiger partial charge in [-0.15, -0.1) is 0 Å². The topological polar surface area (TPSA) is 64.6 Å². The lowest BCUT2D eigenvalue weighted by Gasteiger charge is -2.14. The molecule has 1 N–H and O–H groups in total. The van der Waals surface area contributed by atoms with Crippen LogP contribution in [0, 0.1) is 0 Å². The van der Waals surface area contributed by atoms with E-state index in [-0.39, 0.29) is 6.42 Å². The van der Waals surface area contributed by atoms with Crippen LogP contribution < -0.4 is 10.1 Å². The summed E-state index contributed by atoms with van der Waals surface area (Å²) in [6, 6.07) is 13.8. The van der Waals surface area contributed by atoms with Gasteiger partial charge in [0, 0.05) is 16.3 Å². The summed E-state index contributed by atoms with van der Waals surface area (Å²) in [5, 5.41) is 3.23. The monoisotopic (exact) mass is 347 g/mol. The van der Waals surface area contributed by atoms with Gasteiger partial charge in [-0.25, -0.2) is 0 Å². The number of ether oxygens (including phenoxy) is 2. The third kappa shape index (κ3) is 4.99. The van der Waals surface area contributed by atoms with E-state index in [0.29, 0.717) is 22.0 Å². The molecule has 1 amide bonds. The summed E-state index contributed by atoms with van der Waals surface area (Å²) in [5.41, 5.74) is 1.28. The molecule has 6 heteroatoms. The highest BCUT2D eigenvalue weighted by Gasteiger charge is 2.19. The highest BCUT2D eigenvalue weighted by molar-refractivity contribution is 6.30. The second kappa shape index (κ2) is 8.36. The van der Waals surface area contributed by atoms with Crippen LogP contribution in [0.15, 0.2) is 48.5 Å². The molecule has 0 bridgehead atoms. The molecule has 0 fully saturated rings. The van der Waals surface area contributed by atoms with Gasteiger partial charge in [0.15, 0.2) is 6.10 Å². The minimum Gasteiger partial charge on any atom is -0.496 e. The van der Waals surface area contributed by atoms with Gasteiger partial charge in [-0.2, -0.15) is 0 Å². The van der Waals surface area contributed by atoms with Crippen molar-refractivity contribution in [1.29, 1.82) is 0 Å². The first-order valence-electron chi connectivity index (χ1n) is 7.37. The first kappa shape index (κ1) is 17.8. The summed E-state index contributed by atoms with van der Waals surface area (Å²) in [4.78, 5) is 24.1. The third-order valence-corrected chi connectivity index (χ3v) is 3.57. The number of amides is 1. The fourth-order valence-corrected chi connectivity index (χ4v) is 2.20. The van der Waals surface area contributed by atoms with Gasteiger partial charge < -0.3 is 14.8 Å². The number of para-hydroxylation sites is 1. The summed E-state index contributed by atoms with van der Waals surface area (Å²) in [6.07, 6.45) is -0.884. The maximum Gasteiger partial charge on any atom is 0.311 e. The van der Waals surface area contributed by atoms with Crippen LogP contribution in [0.4, 0.5) is 5.69 Å². The Morgan fingerprint density at radius 1 is 1.12 bits per heavy atom. The Labute approximate surface area is 145 Å². The molecule has 0 unspecified atom stereocenters. The van der Waals surface area contributed by atoms with Crippen molar-refractivity contribution in [3.05, 3.63) is 59.1 Å². The van der Waals surface area contributed by atoms with Crippen LogP contribution in [0.1, 0.15) is 12.5 Å². The number of carbonyl (C=O) groups excluding carboxylic acids is 2. The molecule has 0 aliphatic rings. The van der Waals surface area contributed by atoms with Crippen LogP contribution in [0.25, 0.3) is 0 Å². The molecule has 2 aromatic carbocycles. The van der Waals surface area contributed by atoms with E-state index in [2.05, 4.69) is 5.32 Å². The minimum atomic E-state index is -0.914. The molecule has 0 heterocycles. The molecule has 0 saturated heterocycles. The van der Waals surface area contributed by atoms with E-state index in [1.54, 1.807) is 36.4 Å². The van der Waals surface area contributed by atoms with Gasteiger partial charge in [-0.05, 0) is 37.3 Å². The molecule has 126 valence electrons. The van der Waals surface area contributed by atoms with Gasteiger partial charge in [0.1, 0.15) is 5.75 Å². The van der Waals surface area contributed by atoms with E-state index >= 15 is 0 Å². The van der Waals surface area contributed by atoms with Gasteiger partial charge in [0.2, 0.25) is 0 Å². The van der Waals surface area contributed by atoms with Crippen LogP contribution in [0.5, 0.6) is 5.75 Å². The first-order chi connectivity index (χ1) is 11.5. The molecule has 2 rings (SSSR count). The van der Waals surface area contributed by atoms with E-state index in [1.165, 1.54) is 14.0 Å². The Morgan fingerprint density at radius 3 is 2.46 bits per heavy atom. The third-order valence-electron chi connectivity index (χ3n) is 3.32. The summed E-state index contributed by atoms with van der Waals surface area (Å²) >= 11 is 5.79. The Hall–Kier alpha value is -2.53. The van der Waals surface area contributed by atoms with E-state index in [1.807, 2.05) is 12.1 Å². The molecule has 2 aromatic rings. The molecule has 5 nitrogen and oxygen atoms in total. The molecule has 0 aliphatic heterocycles. The maximum atomic E-state index is 12.1. The second-order valence-electron chi connectivity index (χ2n) is 5.12. The van der Waals surface area contributed by atoms with Crippen molar-refractivity contribution in [3.63, 3.8) is 0 Å². The first-order valence-corrected chi connectivity index (χ1v) is 7.75. The minimum absolute atomic E-state index is 0.0303. The average molecular weight is 348 g/mol. The fraction of sp³-hybridized carbons (Fsp3) is 0.222. The molecule has 1 atom stereocenters. The lowest BCUT2D eigenvalue weighted by molar-refractivity contribution is -0.152. The zero-order valence-corrected chi connectivity index (χ0v) is 14.2. The maximum absolute atomic E-state index is 12.1. The number of esters is 1. The number of halogens is 1. The quantitative estimate of drug-likeness (QED) is 0.813. The number of anilines is 1. The number of methoxy groups -OCH3 is 1. The molecular formula is C18H18ClNO4. The van der Waals surface area contributed by atoms with Gasteiger partial charge in [0.05, 0.1) is 13.5 Å². The molecule has 0 aromatic heterocycles. The second-order valence-corrected chi connectivity index (χ2v) is 5.55. The number of rotatable bonds is 6. The smallest absolute Gasteiger partial charge is 0.311 e. The summed E-state index contributed by atoms with van der Waals surface area (Å²) in [7, 11) is 1.53. The van der Waals surface area contributed by atoms with Gasteiger partial charge >= 0.3 is 5.97 Å². The van der Waals surface area contributed by atoms with Crippen LogP contribution >= 0.6 is 11.6 Å². The lowest BCUT2D eigenvalue weighted by Crippen LogP contribution is -2.30. The summed E-state index contributed by atoms with van der Waals surface area (Å²) in [6.45, 7) is 1.52. The molecule has 0 radical (unpaired) electrons. The Balaban J connectivity index is 1.90. The molecular weight excluding hydrogens is 330 g/mol. The van der Waals surface area contributed by atoms with Crippen molar-refractivity contribution >= 4 is 29.2 Å². The van der Waals surface area contributed by atoms with Gasteiger partial charge in [-0.3, -0.25) is 9.59 Å². The molecule has 0 aliphatic carbocycles. The molecule has 0 saturated carbocycles. The standard InChI is InChI=1S/C18H18ClNO4/c1-12(18(22)20-15-9-7-14(19)8-10-15)24-17(21)11-13-5-3-4-6-16(13)23-2/h3-10,12H,11H2,1-2H3,(H,20,22)/t12-/m1/s1. The van der Waals surface area contributed by atoms with E-state index in [0.717, 1.165) is 0 Å². The molecule has 24 heavy (non-hydrogen) atoms. The Morgan fingerprint density at radius 2 is 1.79 bits per heavy atom. The van der Waals surface area contributed by atoms with Crippen molar-refractivity contribution in [2.75, 3.05) is 12.4 Å². The predicted molar refractivity (Wildman–Crippen MR) is 92.3 cm³/mol. The summed E-state index contributed by atoms with van der Waals surface area (Å²) < 4.78 is 10.4. The van der Waals surface area contributed by atoms with E-state index in [4.69, 9.17) is 21.1 Å². The molecule has 0 spiro atoms. The Bertz CT molecular complexity index is 715. The highest BCUT2D eigenvalue weighted by Crippen LogP contribution is 2.18. The van der Waals surface area contributed by atoms with Crippen molar-refractivity contribution in [1.82, 2.24) is 0 Å². The van der Waals surface area contributed by atoms with Gasteiger partial charge in [0.25, 0.3) is 5.91 Å². The number of nitrogens with one attached hydrogen (secondary N) is 1. The fourth-order valence-electron chi connectivity index (χ4n) is 2.07. The van der Waals surface area contributed by atoms with Crippen molar-refractivity contribution < 1.29 is 19.1 Å². The van der Waals surface area contributed by atoms with Crippen molar-refractivity contribution in [3.8, 4) is 5.75 Å². The van der Waals surface area contributed by atoms with Crippen LogP contribution in [0.3, 0.4) is 0 Å². The van der Waals surface area contributed by atoms with Crippen molar-refractivity contribution in [2.24, 2.45) is 0 Å². The largest absolute Gasteiger partial charge is 0.496 e. The van der Waals surface area contributed by atoms with Crippen molar-refractivity contribution in [2.45, 2.75) is 19.4 Å². The zero-order chi connectivity index (χ0) is 17.5. The van der Waals surface area contributed by atoms with Gasteiger partial charge in [-0.1, -0.05) is 29.8 Å². The number of hydrogen-bond acceptors (Lipinski definition) is 4. The number of carbonyl (C=O) groups is 2. The van der Waals surface area contributed by atoms with Crippen LogP contribution in [0.2, 0.25) is 5.02 Å². The van der Waals surface area contributed by atoms with Crippen LogP contribution in [-0.2, 0) is 20.7 Å². The average Bonchev–Trinajstić information content (AvgIpc) is 2.57. The number of hydrogen-bond donors (Lipinski definition) is 1. The number of benzene rings is 2. The summed E-state index contributed by atoms with van der Waals surface area (Å²) in [5.74, 6) is -0.309. The zero-order valence-electron chi connectivity index (χ0n) is 13.4. The van der Waals surface area contributed by atoms with E-state index in [9.17, 15) is 9.59 Å². The lowest BCUT2D eigenvalue weighted by atomic mass is 10.1. The SMILES string of the molecule is COc1ccccc1CC(=O)O[C@H](C)C(=O)Nc1ccc(Cl)cc1. The Kier molecular flexibility index (Phi) is 6.21. The van der Waals surface area contributed by atoms with E-state index < -0.39 is 18.0 Å².